The Labute approximate surface area is 142 Å². The summed E-state index contributed by atoms with van der Waals surface area (Å²) >= 11 is 0. The fourth-order valence-electron chi connectivity index (χ4n) is 6.96. The van der Waals surface area contributed by atoms with Crippen molar-refractivity contribution in [3.05, 3.63) is 0 Å². The fraction of sp³-hybridized carbons (Fsp3) is 0.952. The second-order valence-electron chi connectivity index (χ2n) is 9.58. The van der Waals surface area contributed by atoms with Crippen LogP contribution in [0.1, 0.15) is 79.1 Å². The van der Waals surface area contributed by atoms with Gasteiger partial charge in [0, 0.05) is 0 Å². The van der Waals surface area contributed by atoms with E-state index < -0.39 is 0 Å². The Morgan fingerprint density at radius 2 is 1.83 bits per heavy atom. The Kier molecular flexibility index (Phi) is 4.57. The van der Waals surface area contributed by atoms with Crippen LogP contribution in [0, 0.1) is 40.4 Å². The van der Waals surface area contributed by atoms with Gasteiger partial charge in [0.2, 0.25) is 0 Å². The minimum Gasteiger partial charge on any atom is -0.469 e. The van der Waals surface area contributed by atoms with E-state index in [1.54, 1.807) is 7.11 Å². The van der Waals surface area contributed by atoms with Crippen molar-refractivity contribution in [1.82, 2.24) is 0 Å². The quantitative estimate of drug-likeness (QED) is 0.632. The highest BCUT2D eigenvalue weighted by Crippen LogP contribution is 2.64. The lowest BCUT2D eigenvalue weighted by molar-refractivity contribution is -0.176. The number of carbonyl (C=O) groups excluding carboxylic acids is 1. The van der Waals surface area contributed by atoms with Crippen LogP contribution in [0.3, 0.4) is 0 Å². The number of fused-ring (bicyclic) bond motifs is 3. The molecule has 3 aliphatic carbocycles. The Balaban J connectivity index is 1.85. The van der Waals surface area contributed by atoms with Gasteiger partial charge in [-0.05, 0) is 86.9 Å². The molecule has 132 valence electrons. The van der Waals surface area contributed by atoms with E-state index in [1.165, 1.54) is 44.9 Å². The molecular formula is C21H36O2. The maximum absolute atomic E-state index is 12.6. The van der Waals surface area contributed by atoms with E-state index in [1.807, 2.05) is 0 Å². The van der Waals surface area contributed by atoms with Gasteiger partial charge in [-0.15, -0.1) is 0 Å². The molecule has 0 aromatic rings. The molecule has 0 aromatic heterocycles. The molecule has 0 amide bonds. The van der Waals surface area contributed by atoms with Crippen molar-refractivity contribution in [2.75, 3.05) is 7.11 Å². The molecule has 6 atom stereocenters. The second-order valence-corrected chi connectivity index (χ2v) is 9.58. The van der Waals surface area contributed by atoms with Gasteiger partial charge in [-0.2, -0.15) is 0 Å². The summed E-state index contributed by atoms with van der Waals surface area (Å²) in [6.07, 6.45) is 10.3. The third kappa shape index (κ3) is 2.65. The van der Waals surface area contributed by atoms with E-state index in [9.17, 15) is 4.79 Å². The van der Waals surface area contributed by atoms with Gasteiger partial charge in [0.05, 0.1) is 12.5 Å². The summed E-state index contributed by atoms with van der Waals surface area (Å²) < 4.78 is 5.23. The topological polar surface area (TPSA) is 26.3 Å². The smallest absolute Gasteiger partial charge is 0.311 e. The van der Waals surface area contributed by atoms with Crippen LogP contribution in [-0.4, -0.2) is 13.1 Å². The van der Waals surface area contributed by atoms with Crippen LogP contribution < -0.4 is 0 Å². The predicted molar refractivity (Wildman–Crippen MR) is 94.0 cm³/mol. The summed E-state index contributed by atoms with van der Waals surface area (Å²) in [7, 11) is 1.57. The van der Waals surface area contributed by atoms with Gasteiger partial charge >= 0.3 is 5.97 Å². The summed E-state index contributed by atoms with van der Waals surface area (Å²) in [4.78, 5) is 12.6. The number of ether oxygens (including phenoxy) is 1. The molecule has 3 saturated carbocycles. The molecule has 23 heavy (non-hydrogen) atoms. The predicted octanol–water partition coefficient (Wildman–Crippen LogP) is 5.45. The Morgan fingerprint density at radius 3 is 2.48 bits per heavy atom. The highest BCUT2D eigenvalue weighted by molar-refractivity contribution is 5.77. The van der Waals surface area contributed by atoms with Gasteiger partial charge < -0.3 is 4.74 Å². The summed E-state index contributed by atoms with van der Waals surface area (Å²) in [5.41, 5.74) is 0.105. The van der Waals surface area contributed by atoms with Gasteiger partial charge in [-0.1, -0.05) is 27.2 Å². The van der Waals surface area contributed by atoms with E-state index in [0.717, 1.165) is 30.1 Å². The monoisotopic (exact) mass is 320 g/mol. The van der Waals surface area contributed by atoms with Crippen molar-refractivity contribution in [3.63, 3.8) is 0 Å². The fourth-order valence-corrected chi connectivity index (χ4v) is 6.96. The van der Waals surface area contributed by atoms with Gasteiger partial charge in [0.25, 0.3) is 0 Å². The molecule has 0 radical (unpaired) electrons. The van der Waals surface area contributed by atoms with Crippen molar-refractivity contribution in [3.8, 4) is 0 Å². The first kappa shape index (κ1) is 17.3. The Morgan fingerprint density at radius 1 is 1.09 bits per heavy atom. The van der Waals surface area contributed by atoms with E-state index in [0.29, 0.717) is 11.3 Å². The Bertz CT molecular complexity index is 457. The molecule has 0 bridgehead atoms. The molecule has 0 saturated heterocycles. The number of rotatable bonds is 2. The summed E-state index contributed by atoms with van der Waals surface area (Å²) in [6, 6.07) is 0. The zero-order chi connectivity index (χ0) is 16.8. The average Bonchev–Trinajstić information content (AvgIpc) is 2.53. The summed E-state index contributed by atoms with van der Waals surface area (Å²) in [6.45, 7) is 9.51. The third-order valence-electron chi connectivity index (χ3n) is 8.27. The van der Waals surface area contributed by atoms with Crippen LogP contribution in [0.5, 0.6) is 0 Å². The number of carbonyl (C=O) groups is 1. The first-order chi connectivity index (χ1) is 10.8. The number of hydrogen-bond acceptors (Lipinski definition) is 2. The minimum absolute atomic E-state index is 0.0442. The highest BCUT2D eigenvalue weighted by Gasteiger charge is 2.59. The molecule has 0 aliphatic heterocycles. The first-order valence-electron chi connectivity index (χ1n) is 9.91. The van der Waals surface area contributed by atoms with Gasteiger partial charge in [-0.25, -0.2) is 0 Å². The number of hydrogen-bond donors (Lipinski definition) is 0. The summed E-state index contributed by atoms with van der Waals surface area (Å²) in [5, 5.41) is 0. The largest absolute Gasteiger partial charge is 0.469 e. The van der Waals surface area contributed by atoms with Crippen molar-refractivity contribution >= 4 is 5.97 Å². The van der Waals surface area contributed by atoms with Crippen LogP contribution in [0.25, 0.3) is 0 Å². The van der Waals surface area contributed by atoms with Gasteiger partial charge in [-0.3, -0.25) is 4.79 Å². The lowest BCUT2D eigenvalue weighted by Gasteiger charge is -2.61. The molecule has 0 N–H and O–H groups in total. The lowest BCUT2D eigenvalue weighted by Crippen LogP contribution is -2.56. The molecule has 0 spiro atoms. The minimum atomic E-state index is -0.248. The zero-order valence-corrected chi connectivity index (χ0v) is 15.9. The Hall–Kier alpha value is -0.530. The van der Waals surface area contributed by atoms with Crippen molar-refractivity contribution in [2.45, 2.75) is 79.1 Å². The first-order valence-corrected chi connectivity index (χ1v) is 9.91. The van der Waals surface area contributed by atoms with Crippen LogP contribution in [-0.2, 0) is 9.53 Å². The van der Waals surface area contributed by atoms with E-state index in [4.69, 9.17) is 4.74 Å². The number of esters is 1. The number of methoxy groups -OCH3 is 1. The van der Waals surface area contributed by atoms with Crippen molar-refractivity contribution < 1.29 is 9.53 Å². The highest BCUT2D eigenvalue weighted by atomic mass is 16.5. The van der Waals surface area contributed by atoms with Crippen molar-refractivity contribution in [1.29, 1.82) is 0 Å². The summed E-state index contributed by atoms with van der Waals surface area (Å²) in [5.74, 6) is 4.05. The molecule has 3 fully saturated rings. The zero-order valence-electron chi connectivity index (χ0n) is 15.9. The molecule has 3 rings (SSSR count). The van der Waals surface area contributed by atoms with Gasteiger partial charge in [0.15, 0.2) is 0 Å². The van der Waals surface area contributed by atoms with Crippen molar-refractivity contribution in [2.24, 2.45) is 40.4 Å². The van der Waals surface area contributed by atoms with E-state index >= 15 is 0 Å². The second kappa shape index (κ2) is 6.08. The normalized spacial score (nSPS) is 46.9. The van der Waals surface area contributed by atoms with Crippen LogP contribution in [0.2, 0.25) is 0 Å². The third-order valence-corrected chi connectivity index (χ3v) is 8.27. The SMILES string of the molecule is COC(=O)C1(C)CCCC2(C)C3CCC(C(C)C)CC3CCC12. The molecule has 2 heteroatoms. The van der Waals surface area contributed by atoms with E-state index in [2.05, 4.69) is 27.7 Å². The maximum atomic E-state index is 12.6. The standard InChI is InChI=1S/C21H36O2/c1-14(2)15-7-9-17-16(13-15)8-10-18-20(17,3)11-6-12-21(18,4)19(22)23-5/h14-18H,6-13H2,1-5H3. The maximum Gasteiger partial charge on any atom is 0.311 e. The average molecular weight is 321 g/mol. The van der Waals surface area contributed by atoms with Crippen LogP contribution >= 0.6 is 0 Å². The molecule has 3 aliphatic rings. The molecular weight excluding hydrogens is 284 g/mol. The van der Waals surface area contributed by atoms with E-state index in [-0.39, 0.29) is 11.4 Å². The van der Waals surface area contributed by atoms with Gasteiger partial charge in [0.1, 0.15) is 0 Å². The van der Waals surface area contributed by atoms with Crippen LogP contribution in [0.15, 0.2) is 0 Å². The molecule has 2 nitrogen and oxygen atoms in total. The molecule has 0 heterocycles. The molecule has 0 aromatic carbocycles. The molecule has 6 unspecified atom stereocenters. The van der Waals surface area contributed by atoms with Crippen LogP contribution in [0.4, 0.5) is 0 Å². The lowest BCUT2D eigenvalue weighted by atomic mass is 9.43.